The van der Waals surface area contributed by atoms with E-state index in [1.165, 1.54) is 5.69 Å². The summed E-state index contributed by atoms with van der Waals surface area (Å²) in [6, 6.07) is 6.50. The van der Waals surface area contributed by atoms with Crippen LogP contribution in [0.5, 0.6) is 11.5 Å². The number of nitrogens with zero attached hydrogens (tertiary/aromatic N) is 1. The van der Waals surface area contributed by atoms with Crippen LogP contribution in [0.15, 0.2) is 23.2 Å². The molecule has 8 heteroatoms. The molecule has 3 N–H and O–H groups in total. The second kappa shape index (κ2) is 9.85. The van der Waals surface area contributed by atoms with E-state index in [-0.39, 0.29) is 29.4 Å². The Hall–Kier alpha value is -1.68. The third-order valence-electron chi connectivity index (χ3n) is 6.72. The van der Waals surface area contributed by atoms with Crippen molar-refractivity contribution in [2.24, 2.45) is 16.3 Å². The van der Waals surface area contributed by atoms with Crippen LogP contribution in [0.4, 0.5) is 0 Å². The van der Waals surface area contributed by atoms with E-state index in [1.54, 1.807) is 14.2 Å². The average molecular weight is 542 g/mol. The standard InChI is InChI=1S/C23H34N4O3.HI/c1-23(2)20(16-8-10-30-21(16)23)27-22(24-3)25-9-6-7-14-11-17-18(26-14)12-15(28-4)13-19(17)29-5;/h11-13,16,20-21,26H,6-10H2,1-5H3,(H2,24,25,27);1H. The summed E-state index contributed by atoms with van der Waals surface area (Å²) in [5, 5.41) is 8.19. The number of aliphatic imine (C=N–C) groups is 1. The van der Waals surface area contributed by atoms with Gasteiger partial charge >= 0.3 is 0 Å². The van der Waals surface area contributed by atoms with E-state index in [4.69, 9.17) is 14.2 Å². The summed E-state index contributed by atoms with van der Waals surface area (Å²) < 4.78 is 16.8. The van der Waals surface area contributed by atoms with Crippen LogP contribution in [-0.2, 0) is 11.2 Å². The van der Waals surface area contributed by atoms with Gasteiger partial charge < -0.3 is 29.8 Å². The van der Waals surface area contributed by atoms with E-state index in [9.17, 15) is 0 Å². The number of aryl methyl sites for hydroxylation is 1. The number of halogens is 1. The van der Waals surface area contributed by atoms with Crippen LogP contribution in [0.25, 0.3) is 10.9 Å². The highest BCUT2D eigenvalue weighted by atomic mass is 127. The molecule has 1 aliphatic heterocycles. The summed E-state index contributed by atoms with van der Waals surface area (Å²) in [7, 11) is 5.19. The molecule has 1 aliphatic carbocycles. The van der Waals surface area contributed by atoms with Crippen LogP contribution in [0.1, 0.15) is 32.4 Å². The summed E-state index contributed by atoms with van der Waals surface area (Å²) in [6.45, 7) is 6.30. The first-order valence-electron chi connectivity index (χ1n) is 10.8. The molecule has 2 aromatic rings. The number of aromatic amines is 1. The summed E-state index contributed by atoms with van der Waals surface area (Å²) in [6.07, 6.45) is 3.45. The fourth-order valence-electron chi connectivity index (χ4n) is 5.10. The zero-order valence-corrected chi connectivity index (χ0v) is 21.4. The number of hydrogen-bond acceptors (Lipinski definition) is 4. The second-order valence-corrected chi connectivity index (χ2v) is 8.88. The SMILES string of the molecule is CN=C(NCCCc1cc2c(OC)cc(OC)cc2[nH]1)NC1C2CCOC2C1(C)C.I. The molecular formula is C23H35IN4O3. The van der Waals surface area contributed by atoms with Gasteiger partial charge in [0, 0.05) is 60.8 Å². The molecule has 1 aromatic heterocycles. The molecule has 2 fully saturated rings. The smallest absolute Gasteiger partial charge is 0.191 e. The molecule has 0 radical (unpaired) electrons. The summed E-state index contributed by atoms with van der Waals surface area (Å²) in [4.78, 5) is 7.91. The van der Waals surface area contributed by atoms with Crippen LogP contribution in [0.3, 0.4) is 0 Å². The quantitative estimate of drug-likeness (QED) is 0.215. The van der Waals surface area contributed by atoms with Gasteiger partial charge in [-0.05, 0) is 25.3 Å². The second-order valence-electron chi connectivity index (χ2n) is 8.88. The van der Waals surface area contributed by atoms with Crippen LogP contribution >= 0.6 is 24.0 Å². The van der Waals surface area contributed by atoms with Gasteiger partial charge in [-0.3, -0.25) is 4.99 Å². The number of guanidine groups is 1. The van der Waals surface area contributed by atoms with Crippen LogP contribution in [0.2, 0.25) is 0 Å². The lowest BCUT2D eigenvalue weighted by atomic mass is 9.57. The van der Waals surface area contributed by atoms with Gasteiger partial charge in [-0.15, -0.1) is 24.0 Å². The summed E-state index contributed by atoms with van der Waals surface area (Å²) >= 11 is 0. The lowest BCUT2D eigenvalue weighted by Crippen LogP contribution is -2.67. The van der Waals surface area contributed by atoms with Crippen molar-refractivity contribution in [2.45, 2.75) is 45.3 Å². The van der Waals surface area contributed by atoms with Crippen molar-refractivity contribution in [1.82, 2.24) is 15.6 Å². The number of rotatable bonds is 7. The highest BCUT2D eigenvalue weighted by molar-refractivity contribution is 14.0. The third-order valence-corrected chi connectivity index (χ3v) is 6.72. The highest BCUT2D eigenvalue weighted by Gasteiger charge is 2.59. The number of nitrogens with one attached hydrogen (secondary N) is 3. The number of methoxy groups -OCH3 is 2. The Bertz CT molecular complexity index is 927. The number of H-pyrrole nitrogens is 1. The fraction of sp³-hybridized carbons (Fsp3) is 0.609. The molecule has 2 aliphatic rings. The maximum absolute atomic E-state index is 5.90. The lowest BCUT2D eigenvalue weighted by Gasteiger charge is -2.54. The minimum atomic E-state index is 0. The molecule has 172 valence electrons. The number of benzene rings is 1. The normalized spacial score (nSPS) is 24.2. The number of fused-ring (bicyclic) bond motifs is 2. The molecule has 0 spiro atoms. The van der Waals surface area contributed by atoms with E-state index in [0.29, 0.717) is 18.1 Å². The van der Waals surface area contributed by atoms with Crippen molar-refractivity contribution in [1.29, 1.82) is 0 Å². The molecule has 31 heavy (non-hydrogen) atoms. The van der Waals surface area contributed by atoms with Gasteiger partial charge in [-0.2, -0.15) is 0 Å². The van der Waals surface area contributed by atoms with Gasteiger partial charge in [0.05, 0.1) is 25.8 Å². The highest BCUT2D eigenvalue weighted by Crippen LogP contribution is 2.52. The zero-order chi connectivity index (χ0) is 21.3. The average Bonchev–Trinajstić information content (AvgIpc) is 3.37. The molecular weight excluding hydrogens is 507 g/mol. The van der Waals surface area contributed by atoms with Gasteiger partial charge in [0.1, 0.15) is 11.5 Å². The lowest BCUT2D eigenvalue weighted by molar-refractivity contribution is -0.106. The van der Waals surface area contributed by atoms with Gasteiger partial charge in [0.15, 0.2) is 5.96 Å². The Balaban J connectivity index is 0.00000272. The van der Waals surface area contributed by atoms with E-state index in [2.05, 4.69) is 40.5 Å². The van der Waals surface area contributed by atoms with E-state index >= 15 is 0 Å². The van der Waals surface area contributed by atoms with Crippen molar-refractivity contribution in [2.75, 3.05) is 34.4 Å². The minimum absolute atomic E-state index is 0. The fourth-order valence-corrected chi connectivity index (χ4v) is 5.10. The Labute approximate surface area is 201 Å². The van der Waals surface area contributed by atoms with Gasteiger partial charge in [0.25, 0.3) is 0 Å². The van der Waals surface area contributed by atoms with E-state index in [1.807, 2.05) is 19.2 Å². The Morgan fingerprint density at radius 2 is 2.06 bits per heavy atom. The van der Waals surface area contributed by atoms with Crippen LogP contribution < -0.4 is 20.1 Å². The molecule has 0 bridgehead atoms. The third kappa shape index (κ3) is 4.60. The Morgan fingerprint density at radius 1 is 1.26 bits per heavy atom. The first kappa shape index (κ1) is 24.0. The molecule has 1 saturated heterocycles. The van der Waals surface area contributed by atoms with Gasteiger partial charge in [0.2, 0.25) is 0 Å². The van der Waals surface area contributed by atoms with Crippen molar-refractivity contribution in [3.05, 3.63) is 23.9 Å². The van der Waals surface area contributed by atoms with E-state index < -0.39 is 0 Å². The van der Waals surface area contributed by atoms with Crippen molar-refractivity contribution < 1.29 is 14.2 Å². The molecule has 3 atom stereocenters. The van der Waals surface area contributed by atoms with Crippen molar-refractivity contribution >= 4 is 40.8 Å². The first-order valence-corrected chi connectivity index (χ1v) is 10.8. The molecule has 0 amide bonds. The molecule has 1 saturated carbocycles. The van der Waals surface area contributed by atoms with Crippen molar-refractivity contribution in [3.8, 4) is 11.5 Å². The predicted octanol–water partition coefficient (Wildman–Crippen LogP) is 3.71. The van der Waals surface area contributed by atoms with Crippen LogP contribution in [-0.4, -0.2) is 57.5 Å². The predicted molar refractivity (Wildman–Crippen MR) is 135 cm³/mol. The topological polar surface area (TPSA) is 79.9 Å². The summed E-state index contributed by atoms with van der Waals surface area (Å²) in [5.41, 5.74) is 2.36. The van der Waals surface area contributed by atoms with E-state index in [0.717, 1.165) is 60.8 Å². The largest absolute Gasteiger partial charge is 0.497 e. The Kier molecular flexibility index (Phi) is 7.62. The number of aromatic nitrogens is 1. The minimum Gasteiger partial charge on any atom is -0.497 e. The number of ether oxygens (including phenoxy) is 3. The van der Waals surface area contributed by atoms with Crippen molar-refractivity contribution in [3.63, 3.8) is 0 Å². The zero-order valence-electron chi connectivity index (χ0n) is 19.1. The monoisotopic (exact) mass is 542 g/mol. The molecule has 7 nitrogen and oxygen atoms in total. The molecule has 1 aromatic carbocycles. The maximum atomic E-state index is 5.90. The van der Waals surface area contributed by atoms with Gasteiger partial charge in [-0.1, -0.05) is 13.8 Å². The van der Waals surface area contributed by atoms with Gasteiger partial charge in [-0.25, -0.2) is 0 Å². The molecule has 4 rings (SSSR count). The van der Waals surface area contributed by atoms with Crippen LogP contribution in [0, 0.1) is 11.3 Å². The number of hydrogen-bond donors (Lipinski definition) is 3. The molecule has 2 heterocycles. The summed E-state index contributed by atoms with van der Waals surface area (Å²) in [5.74, 6) is 3.09. The molecule has 3 unspecified atom stereocenters. The first-order chi connectivity index (χ1) is 14.5. The maximum Gasteiger partial charge on any atom is 0.191 e. The Morgan fingerprint density at radius 3 is 2.77 bits per heavy atom.